The predicted octanol–water partition coefficient (Wildman–Crippen LogP) is 0.802. The standard InChI is InChI=1S/C8H12ClN3O2S/c9-7-1-3-12(4-2-7)15(13,14)8-5-10-6-11-8/h5-7H,1-4H2,(H,10,11). The van der Waals surface area contributed by atoms with Crippen molar-refractivity contribution in [2.45, 2.75) is 23.2 Å². The lowest BCUT2D eigenvalue weighted by Gasteiger charge is -2.27. The van der Waals surface area contributed by atoms with E-state index < -0.39 is 10.0 Å². The summed E-state index contributed by atoms with van der Waals surface area (Å²) in [6.45, 7) is 0.963. The highest BCUT2D eigenvalue weighted by Gasteiger charge is 2.29. The lowest BCUT2D eigenvalue weighted by Crippen LogP contribution is -2.38. The highest BCUT2D eigenvalue weighted by molar-refractivity contribution is 7.89. The summed E-state index contributed by atoms with van der Waals surface area (Å²) in [6.07, 6.45) is 4.09. The van der Waals surface area contributed by atoms with Gasteiger partial charge in [-0.05, 0) is 12.8 Å². The molecule has 0 spiro atoms. The molecule has 1 fully saturated rings. The lowest BCUT2D eigenvalue weighted by molar-refractivity contribution is 0.349. The van der Waals surface area contributed by atoms with E-state index in [1.807, 2.05) is 0 Å². The van der Waals surface area contributed by atoms with E-state index in [0.29, 0.717) is 25.9 Å². The third kappa shape index (κ3) is 2.16. The van der Waals surface area contributed by atoms with E-state index in [4.69, 9.17) is 11.6 Å². The Bertz CT molecular complexity index is 409. The zero-order valence-corrected chi connectivity index (χ0v) is 9.63. The maximum atomic E-state index is 12.0. The largest absolute Gasteiger partial charge is 0.335 e. The van der Waals surface area contributed by atoms with Crippen LogP contribution in [0, 0.1) is 0 Å². The quantitative estimate of drug-likeness (QED) is 0.789. The molecule has 0 radical (unpaired) electrons. The minimum absolute atomic E-state index is 0.0956. The number of sulfonamides is 1. The molecule has 84 valence electrons. The number of aromatic amines is 1. The van der Waals surface area contributed by atoms with E-state index >= 15 is 0 Å². The van der Waals surface area contributed by atoms with E-state index in [2.05, 4.69) is 9.97 Å². The zero-order valence-electron chi connectivity index (χ0n) is 8.06. The molecule has 0 bridgehead atoms. The van der Waals surface area contributed by atoms with Crippen molar-refractivity contribution in [1.29, 1.82) is 0 Å². The Morgan fingerprint density at radius 1 is 1.47 bits per heavy atom. The number of rotatable bonds is 2. The van der Waals surface area contributed by atoms with Gasteiger partial charge in [0.05, 0.1) is 12.5 Å². The minimum Gasteiger partial charge on any atom is -0.335 e. The lowest BCUT2D eigenvalue weighted by atomic mass is 10.2. The predicted molar refractivity (Wildman–Crippen MR) is 56.2 cm³/mol. The molecular formula is C8H12ClN3O2S. The van der Waals surface area contributed by atoms with Gasteiger partial charge < -0.3 is 4.98 Å². The number of piperidine rings is 1. The van der Waals surface area contributed by atoms with Gasteiger partial charge in [0.25, 0.3) is 10.0 Å². The second-order valence-corrected chi connectivity index (χ2v) is 6.02. The molecule has 0 amide bonds. The van der Waals surface area contributed by atoms with Crippen LogP contribution in [-0.2, 0) is 10.0 Å². The van der Waals surface area contributed by atoms with Crippen LogP contribution in [0.5, 0.6) is 0 Å². The molecule has 1 saturated heterocycles. The van der Waals surface area contributed by atoms with Gasteiger partial charge in [0, 0.05) is 18.5 Å². The first-order valence-corrected chi connectivity index (χ1v) is 6.61. The number of nitrogens with one attached hydrogen (secondary N) is 1. The van der Waals surface area contributed by atoms with Crippen molar-refractivity contribution in [2.24, 2.45) is 0 Å². The molecule has 1 aliphatic heterocycles. The van der Waals surface area contributed by atoms with Gasteiger partial charge in [0.2, 0.25) is 0 Å². The van der Waals surface area contributed by atoms with E-state index in [0.717, 1.165) is 0 Å². The van der Waals surface area contributed by atoms with Gasteiger partial charge in [-0.2, -0.15) is 4.31 Å². The average Bonchev–Trinajstić information content (AvgIpc) is 2.71. The summed E-state index contributed by atoms with van der Waals surface area (Å²) in [7, 11) is -3.39. The normalized spacial score (nSPS) is 20.6. The molecule has 0 unspecified atom stereocenters. The highest BCUT2D eigenvalue weighted by atomic mass is 35.5. The molecule has 15 heavy (non-hydrogen) atoms. The Balaban J connectivity index is 2.17. The topological polar surface area (TPSA) is 66.1 Å². The van der Waals surface area contributed by atoms with Crippen LogP contribution in [0.2, 0.25) is 0 Å². The van der Waals surface area contributed by atoms with Crippen molar-refractivity contribution in [3.63, 3.8) is 0 Å². The van der Waals surface area contributed by atoms with Crippen LogP contribution in [0.3, 0.4) is 0 Å². The van der Waals surface area contributed by atoms with E-state index in [1.165, 1.54) is 16.8 Å². The van der Waals surface area contributed by atoms with Crippen molar-refractivity contribution < 1.29 is 8.42 Å². The summed E-state index contributed by atoms with van der Waals surface area (Å²) in [5, 5.41) is 0.244. The molecule has 2 rings (SSSR count). The molecule has 0 atom stereocenters. The van der Waals surface area contributed by atoms with Crippen LogP contribution < -0.4 is 0 Å². The fourth-order valence-electron chi connectivity index (χ4n) is 1.59. The van der Waals surface area contributed by atoms with Crippen molar-refractivity contribution in [2.75, 3.05) is 13.1 Å². The van der Waals surface area contributed by atoms with Crippen LogP contribution >= 0.6 is 11.6 Å². The summed E-state index contributed by atoms with van der Waals surface area (Å²) >= 11 is 5.92. The maximum Gasteiger partial charge on any atom is 0.260 e. The first kappa shape index (κ1) is 10.9. The number of aromatic nitrogens is 2. The van der Waals surface area contributed by atoms with Crippen molar-refractivity contribution in [3.8, 4) is 0 Å². The van der Waals surface area contributed by atoms with Gasteiger partial charge in [0.1, 0.15) is 0 Å². The van der Waals surface area contributed by atoms with Gasteiger partial charge in [-0.1, -0.05) is 0 Å². The number of H-pyrrole nitrogens is 1. The molecule has 1 aliphatic rings. The van der Waals surface area contributed by atoms with Gasteiger partial charge >= 0.3 is 0 Å². The van der Waals surface area contributed by atoms with Gasteiger partial charge in [-0.25, -0.2) is 13.4 Å². The van der Waals surface area contributed by atoms with Crippen molar-refractivity contribution >= 4 is 21.6 Å². The Morgan fingerprint density at radius 3 is 2.67 bits per heavy atom. The number of alkyl halides is 1. The summed E-state index contributed by atoms with van der Waals surface area (Å²) in [5.74, 6) is 0. The molecule has 0 aromatic carbocycles. The monoisotopic (exact) mass is 249 g/mol. The van der Waals surface area contributed by atoms with Crippen LogP contribution in [0.1, 0.15) is 12.8 Å². The van der Waals surface area contributed by atoms with Crippen LogP contribution in [0.4, 0.5) is 0 Å². The van der Waals surface area contributed by atoms with Crippen LogP contribution in [-0.4, -0.2) is 41.2 Å². The summed E-state index contributed by atoms with van der Waals surface area (Å²) in [6, 6.07) is 0. The third-order valence-electron chi connectivity index (χ3n) is 2.47. The Hall–Kier alpha value is -0.590. The molecule has 0 saturated carbocycles. The molecule has 1 aromatic rings. The SMILES string of the molecule is O=S(=O)(c1cnc[nH]1)N1CCC(Cl)CC1. The molecule has 1 N–H and O–H groups in total. The molecule has 2 heterocycles. The molecule has 1 aromatic heterocycles. The minimum atomic E-state index is -3.39. The smallest absolute Gasteiger partial charge is 0.260 e. The Kier molecular flexibility index (Phi) is 2.99. The molecular weight excluding hydrogens is 238 g/mol. The second-order valence-electron chi connectivity index (χ2n) is 3.49. The van der Waals surface area contributed by atoms with Gasteiger partial charge in [-0.15, -0.1) is 11.6 Å². The van der Waals surface area contributed by atoms with Crippen molar-refractivity contribution in [3.05, 3.63) is 12.5 Å². The molecule has 7 heteroatoms. The fourth-order valence-corrected chi connectivity index (χ4v) is 3.15. The number of hydrogen-bond donors (Lipinski definition) is 1. The third-order valence-corrected chi connectivity index (χ3v) is 4.73. The highest BCUT2D eigenvalue weighted by Crippen LogP contribution is 2.21. The average molecular weight is 250 g/mol. The summed E-state index contributed by atoms with van der Waals surface area (Å²) in [4.78, 5) is 6.32. The molecule has 5 nitrogen and oxygen atoms in total. The van der Waals surface area contributed by atoms with E-state index in [9.17, 15) is 8.42 Å². The first-order valence-electron chi connectivity index (χ1n) is 4.73. The summed E-state index contributed by atoms with van der Waals surface area (Å²) < 4.78 is 25.4. The van der Waals surface area contributed by atoms with E-state index in [-0.39, 0.29) is 10.4 Å². The van der Waals surface area contributed by atoms with Gasteiger partial charge in [0.15, 0.2) is 5.03 Å². The van der Waals surface area contributed by atoms with E-state index in [1.54, 1.807) is 0 Å². The van der Waals surface area contributed by atoms with Crippen LogP contribution in [0.15, 0.2) is 17.6 Å². The maximum absolute atomic E-state index is 12.0. The number of halogens is 1. The van der Waals surface area contributed by atoms with Crippen LogP contribution in [0.25, 0.3) is 0 Å². The number of nitrogens with zero attached hydrogens (tertiary/aromatic N) is 2. The number of hydrogen-bond acceptors (Lipinski definition) is 3. The first-order chi connectivity index (χ1) is 7.10. The summed E-state index contributed by atoms with van der Waals surface area (Å²) in [5.41, 5.74) is 0. The molecule has 0 aliphatic carbocycles. The number of imidazole rings is 1. The fraction of sp³-hybridized carbons (Fsp3) is 0.625. The Morgan fingerprint density at radius 2 is 2.13 bits per heavy atom. The van der Waals surface area contributed by atoms with Crippen molar-refractivity contribution in [1.82, 2.24) is 14.3 Å². The zero-order chi connectivity index (χ0) is 10.9. The van der Waals surface area contributed by atoms with Gasteiger partial charge in [-0.3, -0.25) is 0 Å². The Labute approximate surface area is 93.5 Å². The second kappa shape index (κ2) is 4.11.